The number of rotatable bonds is 2. The highest BCUT2D eigenvalue weighted by Crippen LogP contribution is 2.20. The zero-order valence-electron chi connectivity index (χ0n) is 11.1. The van der Waals surface area contributed by atoms with Crippen LogP contribution in [0.15, 0.2) is 23.0 Å². The van der Waals surface area contributed by atoms with E-state index in [0.717, 1.165) is 11.3 Å². The minimum Gasteiger partial charge on any atom is -0.369 e. The maximum atomic E-state index is 11.7. The molecule has 2 aromatic heterocycles. The lowest BCUT2D eigenvalue weighted by atomic mass is 10.1. The first-order valence-corrected chi connectivity index (χ1v) is 6.13. The van der Waals surface area contributed by atoms with Crippen molar-refractivity contribution >= 4 is 28.7 Å². The number of imidazole rings is 1. The zero-order valence-corrected chi connectivity index (χ0v) is 11.1. The van der Waals surface area contributed by atoms with Gasteiger partial charge < -0.3 is 16.0 Å². The van der Waals surface area contributed by atoms with E-state index in [4.69, 9.17) is 5.73 Å². The normalized spacial score (nSPS) is 10.9. The summed E-state index contributed by atoms with van der Waals surface area (Å²) in [7, 11) is 0. The van der Waals surface area contributed by atoms with Gasteiger partial charge in [0, 0.05) is 5.69 Å². The highest BCUT2D eigenvalue weighted by molar-refractivity contribution is 5.74. The average Bonchev–Trinajstić information content (AvgIpc) is 2.75. The molecule has 20 heavy (non-hydrogen) atoms. The molecule has 0 aliphatic carbocycles. The molecule has 0 atom stereocenters. The molecule has 0 radical (unpaired) electrons. The molecule has 102 valence electrons. The summed E-state index contributed by atoms with van der Waals surface area (Å²) in [4.78, 5) is 25.2. The molecule has 0 fully saturated rings. The van der Waals surface area contributed by atoms with E-state index in [1.54, 1.807) is 0 Å². The first-order valence-electron chi connectivity index (χ1n) is 6.13. The number of anilines is 3. The maximum absolute atomic E-state index is 11.7. The molecule has 0 bridgehead atoms. The van der Waals surface area contributed by atoms with Gasteiger partial charge in [0.1, 0.15) is 0 Å². The predicted molar refractivity (Wildman–Crippen MR) is 78.1 cm³/mol. The highest BCUT2D eigenvalue weighted by atomic mass is 16.1. The lowest BCUT2D eigenvalue weighted by Gasteiger charge is -2.07. The molecule has 2 heterocycles. The molecule has 0 aliphatic heterocycles. The lowest BCUT2D eigenvalue weighted by Crippen LogP contribution is -2.10. The largest absolute Gasteiger partial charge is 0.369 e. The molecule has 5 N–H and O–H groups in total. The third-order valence-corrected chi connectivity index (χ3v) is 3.01. The number of H-pyrrole nitrogens is 2. The van der Waals surface area contributed by atoms with Gasteiger partial charge in [0.05, 0.1) is 0 Å². The van der Waals surface area contributed by atoms with E-state index in [-0.39, 0.29) is 11.5 Å². The van der Waals surface area contributed by atoms with Gasteiger partial charge in [-0.05, 0) is 25.5 Å². The summed E-state index contributed by atoms with van der Waals surface area (Å²) >= 11 is 0. The van der Waals surface area contributed by atoms with Crippen LogP contribution in [0.2, 0.25) is 0 Å². The smallest absolute Gasteiger partial charge is 0.278 e. The van der Waals surface area contributed by atoms with Gasteiger partial charge in [0.25, 0.3) is 5.56 Å². The number of hydrogen-bond acceptors (Lipinski definition) is 5. The minimum atomic E-state index is -0.339. The third kappa shape index (κ3) is 2.09. The van der Waals surface area contributed by atoms with Crippen LogP contribution in [0.1, 0.15) is 11.1 Å². The molecule has 7 nitrogen and oxygen atoms in total. The van der Waals surface area contributed by atoms with Gasteiger partial charge in [-0.15, -0.1) is 0 Å². The van der Waals surface area contributed by atoms with Crippen molar-refractivity contribution in [2.24, 2.45) is 0 Å². The van der Waals surface area contributed by atoms with Crippen LogP contribution in [0.3, 0.4) is 0 Å². The second kappa shape index (κ2) is 4.37. The average molecular weight is 270 g/mol. The number of fused-ring (bicyclic) bond motifs is 1. The van der Waals surface area contributed by atoms with Gasteiger partial charge >= 0.3 is 0 Å². The Kier molecular flexibility index (Phi) is 2.67. The summed E-state index contributed by atoms with van der Waals surface area (Å²) in [6.45, 7) is 4.03. The quantitative estimate of drug-likeness (QED) is 0.565. The molecule has 0 saturated heterocycles. The summed E-state index contributed by atoms with van der Waals surface area (Å²) in [6, 6.07) is 6.03. The van der Waals surface area contributed by atoms with Gasteiger partial charge in [-0.3, -0.25) is 9.78 Å². The first-order chi connectivity index (χ1) is 9.52. The SMILES string of the molecule is Cc1ccc(Nc2nc3nc(N)[nH]c(=O)c3[nH]2)c(C)c1. The molecular weight excluding hydrogens is 256 g/mol. The summed E-state index contributed by atoms with van der Waals surface area (Å²) in [5.41, 5.74) is 8.92. The molecule has 0 spiro atoms. The lowest BCUT2D eigenvalue weighted by molar-refractivity contribution is 1.17. The number of benzene rings is 1. The van der Waals surface area contributed by atoms with Gasteiger partial charge in [-0.25, -0.2) is 0 Å². The monoisotopic (exact) mass is 270 g/mol. The van der Waals surface area contributed by atoms with E-state index in [0.29, 0.717) is 17.1 Å². The number of nitrogens with zero attached hydrogens (tertiary/aromatic N) is 2. The van der Waals surface area contributed by atoms with Crippen molar-refractivity contribution in [3.8, 4) is 0 Å². The first kappa shape index (κ1) is 12.2. The van der Waals surface area contributed by atoms with Crippen molar-refractivity contribution in [1.82, 2.24) is 19.9 Å². The predicted octanol–water partition coefficient (Wildman–Crippen LogP) is 1.59. The molecule has 7 heteroatoms. The van der Waals surface area contributed by atoms with Crippen LogP contribution in [0.5, 0.6) is 0 Å². The van der Waals surface area contributed by atoms with Gasteiger partial charge in [0.2, 0.25) is 11.9 Å². The molecular formula is C13H14N6O. The van der Waals surface area contributed by atoms with E-state index in [9.17, 15) is 4.79 Å². The van der Waals surface area contributed by atoms with Crippen LogP contribution in [0.4, 0.5) is 17.6 Å². The second-order valence-electron chi connectivity index (χ2n) is 4.68. The molecule has 1 aromatic carbocycles. The number of nitrogens with one attached hydrogen (secondary N) is 3. The fourth-order valence-electron chi connectivity index (χ4n) is 2.06. The summed E-state index contributed by atoms with van der Waals surface area (Å²) < 4.78 is 0. The molecule has 0 aliphatic rings. The summed E-state index contributed by atoms with van der Waals surface area (Å²) in [5, 5.41) is 3.14. The van der Waals surface area contributed by atoms with Gasteiger partial charge in [-0.2, -0.15) is 9.97 Å². The Morgan fingerprint density at radius 3 is 2.75 bits per heavy atom. The number of aromatic nitrogens is 4. The molecule has 0 unspecified atom stereocenters. The fourth-order valence-corrected chi connectivity index (χ4v) is 2.06. The topological polar surface area (TPSA) is 112 Å². The molecule has 3 aromatic rings. The Morgan fingerprint density at radius 1 is 1.20 bits per heavy atom. The fraction of sp³-hybridized carbons (Fsp3) is 0.154. The Bertz CT molecular complexity index is 848. The van der Waals surface area contributed by atoms with E-state index >= 15 is 0 Å². The Labute approximate surface area is 114 Å². The van der Waals surface area contributed by atoms with Crippen molar-refractivity contribution in [2.75, 3.05) is 11.1 Å². The number of aryl methyl sites for hydroxylation is 2. The van der Waals surface area contributed by atoms with Crippen LogP contribution < -0.4 is 16.6 Å². The van der Waals surface area contributed by atoms with Crippen LogP contribution in [-0.4, -0.2) is 19.9 Å². The van der Waals surface area contributed by atoms with Crippen molar-refractivity contribution < 1.29 is 0 Å². The van der Waals surface area contributed by atoms with Crippen LogP contribution in [0.25, 0.3) is 11.2 Å². The van der Waals surface area contributed by atoms with Crippen LogP contribution >= 0.6 is 0 Å². The van der Waals surface area contributed by atoms with Crippen molar-refractivity contribution in [2.45, 2.75) is 13.8 Å². The van der Waals surface area contributed by atoms with E-state index in [2.05, 4.69) is 31.3 Å². The number of hydrogen-bond donors (Lipinski definition) is 4. The Morgan fingerprint density at radius 2 is 2.00 bits per heavy atom. The van der Waals surface area contributed by atoms with E-state index in [1.807, 2.05) is 26.0 Å². The van der Waals surface area contributed by atoms with Crippen molar-refractivity contribution in [3.05, 3.63) is 39.7 Å². The minimum absolute atomic E-state index is 0.0482. The summed E-state index contributed by atoms with van der Waals surface area (Å²) in [5.74, 6) is 0.502. The molecule has 0 saturated carbocycles. The van der Waals surface area contributed by atoms with Gasteiger partial charge in [-0.1, -0.05) is 17.7 Å². The van der Waals surface area contributed by atoms with Crippen molar-refractivity contribution in [1.29, 1.82) is 0 Å². The second-order valence-corrected chi connectivity index (χ2v) is 4.68. The van der Waals surface area contributed by atoms with Crippen molar-refractivity contribution in [3.63, 3.8) is 0 Å². The van der Waals surface area contributed by atoms with E-state index in [1.165, 1.54) is 5.56 Å². The third-order valence-electron chi connectivity index (χ3n) is 3.01. The van der Waals surface area contributed by atoms with E-state index < -0.39 is 0 Å². The highest BCUT2D eigenvalue weighted by Gasteiger charge is 2.09. The molecule has 0 amide bonds. The van der Waals surface area contributed by atoms with Crippen LogP contribution in [0, 0.1) is 13.8 Å². The molecule has 3 rings (SSSR count). The Hall–Kier alpha value is -2.83. The Balaban J connectivity index is 2.03. The van der Waals surface area contributed by atoms with Gasteiger partial charge in [0.15, 0.2) is 11.2 Å². The number of nitrogen functional groups attached to an aromatic ring is 1. The summed E-state index contributed by atoms with van der Waals surface area (Å²) in [6.07, 6.45) is 0. The number of nitrogens with two attached hydrogens (primary N) is 1. The maximum Gasteiger partial charge on any atom is 0.278 e. The zero-order chi connectivity index (χ0) is 14.3. The number of aromatic amines is 2. The van der Waals surface area contributed by atoms with Crippen LogP contribution in [-0.2, 0) is 0 Å². The standard InChI is InChI=1S/C13H14N6O/c1-6-3-4-8(7(2)5-6)15-13-16-9-10(18-13)17-12(14)19-11(9)20/h3-5H,1-2H3,(H5,14,15,16,17,18,19,20).